The van der Waals surface area contributed by atoms with Crippen molar-refractivity contribution in [1.82, 2.24) is 0 Å². The maximum Gasteiger partial charge on any atom is 0.306 e. The Morgan fingerprint density at radius 1 is 0.860 bits per heavy atom. The number of aryl methyl sites for hydroxylation is 1. The van der Waals surface area contributed by atoms with Crippen molar-refractivity contribution in [2.75, 3.05) is 22.9 Å². The fraction of sp³-hybridized carbons (Fsp3) is 0.242. The molecule has 0 aliphatic carbocycles. The predicted octanol–water partition coefficient (Wildman–Crippen LogP) is 7.14. The van der Waals surface area contributed by atoms with Crippen molar-refractivity contribution in [3.8, 4) is 11.5 Å². The van der Waals surface area contributed by atoms with Gasteiger partial charge in [-0.25, -0.2) is 17.2 Å². The van der Waals surface area contributed by atoms with Crippen LogP contribution in [0.15, 0.2) is 78.9 Å². The quantitative estimate of drug-likeness (QED) is 0.157. The Balaban J connectivity index is 1.42. The van der Waals surface area contributed by atoms with Gasteiger partial charge in [0.15, 0.2) is 11.6 Å². The number of sulfonamides is 1. The number of benzene rings is 4. The molecule has 4 aromatic carbocycles. The third-order valence-corrected chi connectivity index (χ3v) is 7.37. The lowest BCUT2D eigenvalue weighted by molar-refractivity contribution is -0.143. The van der Waals surface area contributed by atoms with Crippen LogP contribution in [0.1, 0.15) is 41.2 Å². The van der Waals surface area contributed by atoms with E-state index in [1.807, 2.05) is 24.3 Å². The van der Waals surface area contributed by atoms with Crippen molar-refractivity contribution in [1.29, 1.82) is 0 Å². The Labute approximate surface area is 250 Å². The van der Waals surface area contributed by atoms with E-state index in [-0.39, 0.29) is 24.5 Å². The van der Waals surface area contributed by atoms with Crippen LogP contribution < -0.4 is 14.8 Å². The zero-order chi connectivity index (χ0) is 31.0. The van der Waals surface area contributed by atoms with Crippen LogP contribution in [0.5, 0.6) is 11.5 Å². The van der Waals surface area contributed by atoms with Gasteiger partial charge in [0.05, 0.1) is 18.6 Å². The average molecular weight is 609 g/mol. The number of hydrogen-bond donors (Lipinski definition) is 2. The maximum atomic E-state index is 15.0. The molecule has 0 unspecified atom stereocenters. The van der Waals surface area contributed by atoms with Crippen LogP contribution in [0.4, 0.5) is 20.2 Å². The molecule has 0 aliphatic heterocycles. The average Bonchev–Trinajstić information content (AvgIpc) is 2.97. The smallest absolute Gasteiger partial charge is 0.306 e. The first-order valence-electron chi connectivity index (χ1n) is 13.8. The van der Waals surface area contributed by atoms with Crippen LogP contribution >= 0.6 is 0 Å². The summed E-state index contributed by atoms with van der Waals surface area (Å²) in [6.07, 6.45) is 2.13. The molecule has 0 aromatic heterocycles. The number of halogens is 2. The second-order valence-corrected chi connectivity index (χ2v) is 11.8. The summed E-state index contributed by atoms with van der Waals surface area (Å²) in [4.78, 5) is 11.6. The highest BCUT2D eigenvalue weighted by Crippen LogP contribution is 2.28. The zero-order valence-corrected chi connectivity index (χ0v) is 25.1. The summed E-state index contributed by atoms with van der Waals surface area (Å²) in [7, 11) is -3.46. The molecule has 0 saturated heterocycles. The predicted molar refractivity (Wildman–Crippen MR) is 164 cm³/mol. The molecule has 0 saturated carbocycles. The van der Waals surface area contributed by atoms with Crippen molar-refractivity contribution in [3.63, 3.8) is 0 Å². The van der Waals surface area contributed by atoms with E-state index >= 15 is 4.39 Å². The van der Waals surface area contributed by atoms with E-state index in [1.165, 1.54) is 0 Å². The summed E-state index contributed by atoms with van der Waals surface area (Å²) in [5.41, 5.74) is 4.34. The second kappa shape index (κ2) is 14.2. The van der Waals surface area contributed by atoms with Gasteiger partial charge in [0, 0.05) is 30.6 Å². The summed E-state index contributed by atoms with van der Waals surface area (Å²) in [6, 6.07) is 22.4. The van der Waals surface area contributed by atoms with Gasteiger partial charge in [0.1, 0.15) is 11.5 Å². The Kier molecular flexibility index (Phi) is 10.4. The highest BCUT2D eigenvalue weighted by atomic mass is 32.2. The van der Waals surface area contributed by atoms with Gasteiger partial charge < -0.3 is 14.8 Å². The molecule has 0 spiro atoms. The molecule has 226 valence electrons. The van der Waals surface area contributed by atoms with Gasteiger partial charge >= 0.3 is 5.97 Å². The van der Waals surface area contributed by atoms with Crippen LogP contribution in [0.2, 0.25) is 0 Å². The Bertz CT molecular complexity index is 1680. The number of rotatable bonds is 13. The van der Waals surface area contributed by atoms with E-state index in [0.29, 0.717) is 53.4 Å². The molecule has 4 aromatic rings. The first-order valence-corrected chi connectivity index (χ1v) is 15.7. The lowest BCUT2D eigenvalue weighted by Gasteiger charge is -2.16. The van der Waals surface area contributed by atoms with Crippen LogP contribution in [0, 0.1) is 18.6 Å². The number of anilines is 2. The minimum atomic E-state index is -3.46. The largest absolute Gasteiger partial charge is 0.466 e. The standard InChI is InChI=1S/C33H34F2N2O5S/c1-4-41-32(38)19-12-23-8-14-26(15-9-23)42-27-16-10-24(11-17-27)20-28-25(13-18-29(34)33(28)35)21-36-30-6-5-7-31(22(30)2)37-43(3,39)40/h5-11,13-18,36-37H,4,12,19-21H2,1-3H3. The fourth-order valence-corrected chi connectivity index (χ4v) is 5.16. The molecule has 4 rings (SSSR count). The third kappa shape index (κ3) is 9.02. The van der Waals surface area contributed by atoms with Crippen molar-refractivity contribution >= 4 is 27.4 Å². The lowest BCUT2D eigenvalue weighted by atomic mass is 9.98. The first-order chi connectivity index (χ1) is 20.5. The van der Waals surface area contributed by atoms with Crippen molar-refractivity contribution in [3.05, 3.63) is 118 Å². The number of carbonyl (C=O) groups excluding carboxylic acids is 1. The van der Waals surface area contributed by atoms with Crippen molar-refractivity contribution < 1.29 is 31.5 Å². The van der Waals surface area contributed by atoms with Gasteiger partial charge in [-0.15, -0.1) is 0 Å². The highest BCUT2D eigenvalue weighted by molar-refractivity contribution is 7.92. The van der Waals surface area contributed by atoms with Crippen LogP contribution in [-0.2, 0) is 38.9 Å². The molecule has 0 aliphatic rings. The van der Waals surface area contributed by atoms with Gasteiger partial charge in [0.25, 0.3) is 0 Å². The molecule has 0 amide bonds. The van der Waals surface area contributed by atoms with Crippen LogP contribution in [0.3, 0.4) is 0 Å². The molecule has 0 fully saturated rings. The molecule has 2 N–H and O–H groups in total. The van der Waals surface area contributed by atoms with E-state index < -0.39 is 21.7 Å². The Morgan fingerprint density at radius 3 is 2.12 bits per heavy atom. The molecular weight excluding hydrogens is 574 g/mol. The molecule has 0 radical (unpaired) electrons. The number of carbonyl (C=O) groups is 1. The monoisotopic (exact) mass is 608 g/mol. The van der Waals surface area contributed by atoms with Crippen LogP contribution in [0.25, 0.3) is 0 Å². The maximum absolute atomic E-state index is 15.0. The van der Waals surface area contributed by atoms with Crippen LogP contribution in [-0.4, -0.2) is 27.2 Å². The minimum Gasteiger partial charge on any atom is -0.466 e. The number of nitrogens with one attached hydrogen (secondary N) is 2. The van der Waals surface area contributed by atoms with E-state index in [9.17, 15) is 17.6 Å². The zero-order valence-electron chi connectivity index (χ0n) is 24.2. The lowest BCUT2D eigenvalue weighted by Crippen LogP contribution is -2.12. The molecule has 0 heterocycles. The summed E-state index contributed by atoms with van der Waals surface area (Å²) in [6.45, 7) is 4.11. The number of esters is 1. The normalized spacial score (nSPS) is 11.2. The number of ether oxygens (including phenoxy) is 2. The van der Waals surface area contributed by atoms with Gasteiger partial charge in [-0.2, -0.15) is 0 Å². The summed E-state index contributed by atoms with van der Waals surface area (Å²) >= 11 is 0. The summed E-state index contributed by atoms with van der Waals surface area (Å²) in [5.74, 6) is -0.855. The van der Waals surface area contributed by atoms with Crippen molar-refractivity contribution in [2.24, 2.45) is 0 Å². The third-order valence-electron chi connectivity index (χ3n) is 6.78. The van der Waals surface area contributed by atoms with Crippen molar-refractivity contribution in [2.45, 2.75) is 39.7 Å². The van der Waals surface area contributed by atoms with E-state index in [0.717, 1.165) is 23.4 Å². The van der Waals surface area contributed by atoms with E-state index in [2.05, 4.69) is 10.0 Å². The van der Waals surface area contributed by atoms with Gasteiger partial charge in [-0.3, -0.25) is 9.52 Å². The summed E-state index contributed by atoms with van der Waals surface area (Å²) < 4.78 is 66.0. The minimum absolute atomic E-state index is 0.157. The summed E-state index contributed by atoms with van der Waals surface area (Å²) in [5, 5.41) is 3.22. The Hall–Kier alpha value is -4.44. The highest BCUT2D eigenvalue weighted by Gasteiger charge is 2.15. The van der Waals surface area contributed by atoms with Gasteiger partial charge in [-0.1, -0.05) is 36.4 Å². The molecule has 7 nitrogen and oxygen atoms in total. The topological polar surface area (TPSA) is 93.7 Å². The van der Waals surface area contributed by atoms with Gasteiger partial charge in [-0.05, 0) is 85.0 Å². The first kappa shape index (κ1) is 31.5. The molecule has 0 bridgehead atoms. The molecular formula is C33H34F2N2O5S. The Morgan fingerprint density at radius 2 is 1.49 bits per heavy atom. The number of hydrogen-bond acceptors (Lipinski definition) is 6. The van der Waals surface area contributed by atoms with Gasteiger partial charge in [0.2, 0.25) is 10.0 Å². The SMILES string of the molecule is CCOC(=O)CCc1ccc(Oc2ccc(Cc3c(CNc4cccc(NS(C)(=O)=O)c4C)ccc(F)c3F)cc2)cc1. The van der Waals surface area contributed by atoms with E-state index in [1.54, 1.807) is 62.4 Å². The molecule has 43 heavy (non-hydrogen) atoms. The molecule has 0 atom stereocenters. The van der Waals surface area contributed by atoms with E-state index in [4.69, 9.17) is 9.47 Å². The fourth-order valence-electron chi connectivity index (χ4n) is 4.54. The second-order valence-electron chi connectivity index (χ2n) is 10.1. The molecule has 10 heteroatoms.